The van der Waals surface area contributed by atoms with E-state index in [9.17, 15) is 13.2 Å². The molecule has 0 aliphatic heterocycles. The highest BCUT2D eigenvalue weighted by molar-refractivity contribution is 7.89. The van der Waals surface area contributed by atoms with Crippen molar-refractivity contribution < 1.29 is 13.2 Å². The SMILES string of the molecule is CN(C)S(=O)(=O)c1ccc(CC(=O)NCCc2ccccc2)cc1. The van der Waals surface area contributed by atoms with Crippen molar-refractivity contribution in [1.82, 2.24) is 9.62 Å². The summed E-state index contributed by atoms with van der Waals surface area (Å²) in [7, 11) is -0.455. The van der Waals surface area contributed by atoms with Gasteiger partial charge in [-0.2, -0.15) is 0 Å². The summed E-state index contributed by atoms with van der Waals surface area (Å²) in [6, 6.07) is 16.4. The Balaban J connectivity index is 1.86. The molecule has 1 amide bonds. The molecule has 0 aliphatic carbocycles. The van der Waals surface area contributed by atoms with E-state index in [1.807, 2.05) is 30.3 Å². The van der Waals surface area contributed by atoms with E-state index in [1.165, 1.54) is 31.8 Å². The van der Waals surface area contributed by atoms with Gasteiger partial charge in [0.15, 0.2) is 0 Å². The van der Waals surface area contributed by atoms with Crippen molar-refractivity contribution in [2.75, 3.05) is 20.6 Å². The number of nitrogens with one attached hydrogen (secondary N) is 1. The van der Waals surface area contributed by atoms with Gasteiger partial charge in [0, 0.05) is 20.6 Å². The lowest BCUT2D eigenvalue weighted by atomic mass is 10.1. The zero-order valence-electron chi connectivity index (χ0n) is 13.9. The van der Waals surface area contributed by atoms with Gasteiger partial charge in [0.1, 0.15) is 0 Å². The van der Waals surface area contributed by atoms with E-state index in [2.05, 4.69) is 5.32 Å². The molecule has 0 bridgehead atoms. The summed E-state index contributed by atoms with van der Waals surface area (Å²) >= 11 is 0. The quantitative estimate of drug-likeness (QED) is 0.832. The fraction of sp³-hybridized carbons (Fsp3) is 0.278. The molecule has 2 aromatic carbocycles. The van der Waals surface area contributed by atoms with Gasteiger partial charge in [-0.1, -0.05) is 42.5 Å². The molecule has 0 atom stereocenters. The smallest absolute Gasteiger partial charge is 0.242 e. The van der Waals surface area contributed by atoms with Gasteiger partial charge in [-0.05, 0) is 29.7 Å². The molecule has 1 N–H and O–H groups in total. The summed E-state index contributed by atoms with van der Waals surface area (Å²) in [6.45, 7) is 0.579. The first-order valence-corrected chi connectivity index (χ1v) is 9.15. The van der Waals surface area contributed by atoms with Gasteiger partial charge < -0.3 is 5.32 Å². The first-order chi connectivity index (χ1) is 11.4. The summed E-state index contributed by atoms with van der Waals surface area (Å²) in [4.78, 5) is 12.2. The zero-order valence-corrected chi connectivity index (χ0v) is 14.7. The van der Waals surface area contributed by atoms with Crippen molar-refractivity contribution >= 4 is 15.9 Å². The molecule has 0 aliphatic rings. The van der Waals surface area contributed by atoms with E-state index >= 15 is 0 Å². The Morgan fingerprint density at radius 1 is 0.958 bits per heavy atom. The van der Waals surface area contributed by atoms with Crippen LogP contribution in [0, 0.1) is 0 Å². The Morgan fingerprint density at radius 3 is 2.17 bits per heavy atom. The fourth-order valence-corrected chi connectivity index (χ4v) is 3.13. The van der Waals surface area contributed by atoms with Crippen molar-refractivity contribution in [1.29, 1.82) is 0 Å². The second kappa shape index (κ2) is 8.08. The molecule has 0 heterocycles. The number of rotatable bonds is 7. The molecule has 0 saturated carbocycles. The largest absolute Gasteiger partial charge is 0.355 e. The number of hydrogen-bond donors (Lipinski definition) is 1. The third-order valence-corrected chi connectivity index (χ3v) is 5.47. The molecule has 0 radical (unpaired) electrons. The van der Waals surface area contributed by atoms with Crippen LogP contribution >= 0.6 is 0 Å². The Kier molecular flexibility index (Phi) is 6.11. The number of hydrogen-bond acceptors (Lipinski definition) is 3. The lowest BCUT2D eigenvalue weighted by molar-refractivity contribution is -0.120. The minimum atomic E-state index is -3.43. The maximum Gasteiger partial charge on any atom is 0.242 e. The topological polar surface area (TPSA) is 66.5 Å². The molecule has 0 saturated heterocycles. The molecule has 0 aromatic heterocycles. The van der Waals surface area contributed by atoms with Crippen LogP contribution in [0.2, 0.25) is 0 Å². The summed E-state index contributed by atoms with van der Waals surface area (Å²) in [5, 5.41) is 2.88. The van der Waals surface area contributed by atoms with Gasteiger partial charge >= 0.3 is 0 Å². The number of amides is 1. The predicted octanol–water partition coefficient (Wildman–Crippen LogP) is 1.84. The average molecular weight is 346 g/mol. The summed E-state index contributed by atoms with van der Waals surface area (Å²) < 4.78 is 25.1. The van der Waals surface area contributed by atoms with E-state index in [4.69, 9.17) is 0 Å². The molecule has 2 rings (SSSR count). The molecule has 0 fully saturated rings. The monoisotopic (exact) mass is 346 g/mol. The van der Waals surface area contributed by atoms with Crippen molar-refractivity contribution in [3.05, 3.63) is 65.7 Å². The second-order valence-corrected chi connectivity index (χ2v) is 7.85. The number of carbonyl (C=O) groups is 1. The third-order valence-electron chi connectivity index (χ3n) is 3.65. The molecule has 6 heteroatoms. The first-order valence-electron chi connectivity index (χ1n) is 7.71. The molecular weight excluding hydrogens is 324 g/mol. The minimum absolute atomic E-state index is 0.0749. The molecule has 24 heavy (non-hydrogen) atoms. The van der Waals surface area contributed by atoms with Crippen molar-refractivity contribution in [2.24, 2.45) is 0 Å². The van der Waals surface area contributed by atoms with E-state index in [0.29, 0.717) is 6.54 Å². The third kappa shape index (κ3) is 4.91. The van der Waals surface area contributed by atoms with Gasteiger partial charge in [-0.25, -0.2) is 12.7 Å². The fourth-order valence-electron chi connectivity index (χ4n) is 2.23. The van der Waals surface area contributed by atoms with Crippen LogP contribution in [-0.4, -0.2) is 39.3 Å². The Labute approximate surface area is 143 Å². The molecule has 128 valence electrons. The predicted molar refractivity (Wildman–Crippen MR) is 94.2 cm³/mol. The lowest BCUT2D eigenvalue weighted by Crippen LogP contribution is -2.27. The molecule has 0 unspecified atom stereocenters. The zero-order chi connectivity index (χ0) is 17.6. The van der Waals surface area contributed by atoms with Crippen molar-refractivity contribution in [3.63, 3.8) is 0 Å². The normalized spacial score (nSPS) is 11.5. The van der Waals surface area contributed by atoms with Crippen LogP contribution in [0.3, 0.4) is 0 Å². The molecule has 2 aromatic rings. The van der Waals surface area contributed by atoms with E-state index < -0.39 is 10.0 Å². The lowest BCUT2D eigenvalue weighted by Gasteiger charge is -2.11. The van der Waals surface area contributed by atoms with Gasteiger partial charge in [0.05, 0.1) is 11.3 Å². The highest BCUT2D eigenvalue weighted by Gasteiger charge is 2.16. The maximum atomic E-state index is 12.0. The highest BCUT2D eigenvalue weighted by Crippen LogP contribution is 2.14. The van der Waals surface area contributed by atoms with Crippen molar-refractivity contribution in [2.45, 2.75) is 17.7 Å². The summed E-state index contributed by atoms with van der Waals surface area (Å²) in [6.07, 6.45) is 1.02. The molecular formula is C18H22N2O3S. The van der Waals surface area contributed by atoms with Gasteiger partial charge in [0.2, 0.25) is 15.9 Å². The van der Waals surface area contributed by atoms with Gasteiger partial charge in [0.25, 0.3) is 0 Å². The van der Waals surface area contributed by atoms with Crippen LogP contribution in [0.4, 0.5) is 0 Å². The number of benzene rings is 2. The molecule has 5 nitrogen and oxygen atoms in total. The van der Waals surface area contributed by atoms with Gasteiger partial charge in [-0.15, -0.1) is 0 Å². The van der Waals surface area contributed by atoms with Crippen LogP contribution in [0.1, 0.15) is 11.1 Å². The Hall–Kier alpha value is -2.18. The Morgan fingerprint density at radius 2 is 1.58 bits per heavy atom. The van der Waals surface area contributed by atoms with E-state index in [0.717, 1.165) is 16.3 Å². The van der Waals surface area contributed by atoms with Crippen LogP contribution in [0.15, 0.2) is 59.5 Å². The average Bonchev–Trinajstić information content (AvgIpc) is 2.56. The first kappa shape index (κ1) is 18.2. The van der Waals surface area contributed by atoms with Crippen molar-refractivity contribution in [3.8, 4) is 0 Å². The van der Waals surface area contributed by atoms with E-state index in [1.54, 1.807) is 12.1 Å². The second-order valence-electron chi connectivity index (χ2n) is 5.69. The summed E-state index contributed by atoms with van der Waals surface area (Å²) in [5.74, 6) is -0.0749. The number of nitrogens with zero attached hydrogens (tertiary/aromatic N) is 1. The van der Waals surface area contributed by atoms with Crippen LogP contribution < -0.4 is 5.32 Å². The van der Waals surface area contributed by atoms with Crippen LogP contribution in [-0.2, 0) is 27.7 Å². The molecule has 0 spiro atoms. The maximum absolute atomic E-state index is 12.0. The highest BCUT2D eigenvalue weighted by atomic mass is 32.2. The van der Waals surface area contributed by atoms with Gasteiger partial charge in [-0.3, -0.25) is 4.79 Å². The number of carbonyl (C=O) groups excluding carboxylic acids is 1. The van der Waals surface area contributed by atoms with Crippen LogP contribution in [0.25, 0.3) is 0 Å². The number of sulfonamides is 1. The summed E-state index contributed by atoms with van der Waals surface area (Å²) in [5.41, 5.74) is 1.96. The Bertz CT molecular complexity index is 770. The van der Waals surface area contributed by atoms with E-state index in [-0.39, 0.29) is 17.2 Å². The van der Waals surface area contributed by atoms with Crippen LogP contribution in [0.5, 0.6) is 0 Å². The standard InChI is InChI=1S/C18H22N2O3S/c1-20(2)24(22,23)17-10-8-16(9-11-17)14-18(21)19-13-12-15-6-4-3-5-7-15/h3-11H,12-14H2,1-2H3,(H,19,21). The minimum Gasteiger partial charge on any atom is -0.355 e.